The summed E-state index contributed by atoms with van der Waals surface area (Å²) >= 11 is 3.02. The quantitative estimate of drug-likeness (QED) is 0.455. The number of fused-ring (bicyclic) bond motifs is 1. The fraction of sp³-hybridized carbons (Fsp3) is 0.294. The molecule has 2 aromatic rings. The minimum Gasteiger partial charge on any atom is -0.369 e. The van der Waals surface area contributed by atoms with Gasteiger partial charge in [0.1, 0.15) is 4.34 Å². The standard InChI is InChI=1S/C17H17N3O3S2/c1-10-13(9-14(18)21)25-17(19-10)24-8-4-7-20-15(22)11-5-2-3-6-12(11)16(20)23/h2-3,5-6H,4,7-9H2,1H3,(H2,18,21). The van der Waals surface area contributed by atoms with Crippen molar-refractivity contribution in [1.82, 2.24) is 9.88 Å². The van der Waals surface area contributed by atoms with Gasteiger partial charge in [0.15, 0.2) is 0 Å². The van der Waals surface area contributed by atoms with E-state index in [0.717, 1.165) is 20.7 Å². The number of nitrogens with zero attached hydrogens (tertiary/aromatic N) is 2. The number of carbonyl (C=O) groups excluding carboxylic acids is 3. The average Bonchev–Trinajstić information content (AvgIpc) is 3.03. The van der Waals surface area contributed by atoms with Crippen LogP contribution in [0.2, 0.25) is 0 Å². The molecule has 0 saturated heterocycles. The van der Waals surface area contributed by atoms with Crippen LogP contribution in [-0.2, 0) is 11.2 Å². The van der Waals surface area contributed by atoms with E-state index >= 15 is 0 Å². The summed E-state index contributed by atoms with van der Waals surface area (Å²) in [6.07, 6.45) is 0.888. The predicted octanol–water partition coefficient (Wildman–Crippen LogP) is 2.26. The Morgan fingerprint density at radius 1 is 1.24 bits per heavy atom. The molecule has 1 aliphatic heterocycles. The fourth-order valence-corrected chi connectivity index (χ4v) is 4.85. The van der Waals surface area contributed by atoms with E-state index in [0.29, 0.717) is 24.1 Å². The number of amides is 3. The molecule has 1 aliphatic rings. The Hall–Kier alpha value is -2.19. The molecule has 130 valence electrons. The molecule has 0 saturated carbocycles. The van der Waals surface area contributed by atoms with E-state index in [1.807, 2.05) is 6.92 Å². The number of aromatic nitrogens is 1. The highest BCUT2D eigenvalue weighted by atomic mass is 32.2. The van der Waals surface area contributed by atoms with Gasteiger partial charge in [-0.3, -0.25) is 19.3 Å². The summed E-state index contributed by atoms with van der Waals surface area (Å²) in [5.41, 5.74) is 7.00. The topological polar surface area (TPSA) is 93.4 Å². The van der Waals surface area contributed by atoms with E-state index in [-0.39, 0.29) is 24.1 Å². The summed E-state index contributed by atoms with van der Waals surface area (Å²) in [5.74, 6) is -0.0797. The van der Waals surface area contributed by atoms with Gasteiger partial charge in [0.2, 0.25) is 5.91 Å². The number of rotatable bonds is 7. The molecule has 6 nitrogen and oxygen atoms in total. The number of nitrogens with two attached hydrogens (primary N) is 1. The highest BCUT2D eigenvalue weighted by Gasteiger charge is 2.34. The first-order valence-corrected chi connectivity index (χ1v) is 9.60. The van der Waals surface area contributed by atoms with Crippen LogP contribution in [0, 0.1) is 6.92 Å². The highest BCUT2D eigenvalue weighted by Crippen LogP contribution is 2.28. The fourth-order valence-electron chi connectivity index (χ4n) is 2.61. The number of benzene rings is 1. The van der Waals surface area contributed by atoms with Crippen molar-refractivity contribution in [2.75, 3.05) is 12.3 Å². The maximum absolute atomic E-state index is 12.3. The second-order valence-corrected chi connectivity index (χ2v) is 8.07. The Kier molecular flexibility index (Phi) is 5.19. The molecule has 0 fully saturated rings. The zero-order valence-corrected chi connectivity index (χ0v) is 15.3. The van der Waals surface area contributed by atoms with Gasteiger partial charge in [0.25, 0.3) is 11.8 Å². The van der Waals surface area contributed by atoms with Gasteiger partial charge >= 0.3 is 0 Å². The van der Waals surface area contributed by atoms with Gasteiger partial charge in [-0.2, -0.15) is 0 Å². The summed E-state index contributed by atoms with van der Waals surface area (Å²) in [7, 11) is 0. The molecule has 2 heterocycles. The van der Waals surface area contributed by atoms with Gasteiger partial charge in [-0.1, -0.05) is 23.9 Å². The van der Waals surface area contributed by atoms with Gasteiger partial charge in [-0.15, -0.1) is 11.3 Å². The van der Waals surface area contributed by atoms with E-state index in [4.69, 9.17) is 5.73 Å². The van der Waals surface area contributed by atoms with Crippen molar-refractivity contribution in [2.45, 2.75) is 24.1 Å². The molecular weight excluding hydrogens is 358 g/mol. The lowest BCUT2D eigenvalue weighted by molar-refractivity contribution is -0.117. The van der Waals surface area contributed by atoms with E-state index in [2.05, 4.69) is 4.98 Å². The van der Waals surface area contributed by atoms with E-state index < -0.39 is 0 Å². The predicted molar refractivity (Wildman–Crippen MR) is 96.9 cm³/mol. The number of thioether (sulfide) groups is 1. The van der Waals surface area contributed by atoms with Crippen LogP contribution in [0.4, 0.5) is 0 Å². The Balaban J connectivity index is 1.52. The number of hydrogen-bond donors (Lipinski definition) is 1. The van der Waals surface area contributed by atoms with Crippen LogP contribution in [0.25, 0.3) is 0 Å². The van der Waals surface area contributed by atoms with E-state index in [1.54, 1.807) is 36.0 Å². The Labute approximate surface area is 153 Å². The van der Waals surface area contributed by atoms with Crippen molar-refractivity contribution < 1.29 is 14.4 Å². The summed E-state index contributed by atoms with van der Waals surface area (Å²) in [4.78, 5) is 42.2. The molecular formula is C17H17N3O3S2. The highest BCUT2D eigenvalue weighted by molar-refractivity contribution is 8.01. The first-order valence-electron chi connectivity index (χ1n) is 7.80. The Bertz CT molecular complexity index is 812. The van der Waals surface area contributed by atoms with Gasteiger partial charge in [-0.25, -0.2) is 4.98 Å². The number of imide groups is 1. The molecule has 1 aromatic heterocycles. The number of carbonyl (C=O) groups is 3. The molecule has 3 rings (SSSR count). The third-order valence-electron chi connectivity index (χ3n) is 3.84. The smallest absolute Gasteiger partial charge is 0.261 e. The largest absolute Gasteiger partial charge is 0.369 e. The first kappa shape index (κ1) is 17.6. The lowest BCUT2D eigenvalue weighted by atomic mass is 10.1. The van der Waals surface area contributed by atoms with Gasteiger partial charge in [0, 0.05) is 17.2 Å². The van der Waals surface area contributed by atoms with Crippen LogP contribution in [-0.4, -0.2) is 39.9 Å². The number of hydrogen-bond acceptors (Lipinski definition) is 6. The molecule has 25 heavy (non-hydrogen) atoms. The molecule has 0 radical (unpaired) electrons. The van der Waals surface area contributed by atoms with Crippen molar-refractivity contribution in [1.29, 1.82) is 0 Å². The van der Waals surface area contributed by atoms with Crippen molar-refractivity contribution in [3.63, 3.8) is 0 Å². The van der Waals surface area contributed by atoms with Crippen molar-refractivity contribution >= 4 is 40.8 Å². The zero-order valence-electron chi connectivity index (χ0n) is 13.7. The van der Waals surface area contributed by atoms with Gasteiger partial charge < -0.3 is 5.73 Å². The molecule has 8 heteroatoms. The monoisotopic (exact) mass is 375 g/mol. The minimum atomic E-state index is -0.367. The van der Waals surface area contributed by atoms with E-state index in [1.165, 1.54) is 16.2 Å². The second-order valence-electron chi connectivity index (χ2n) is 5.64. The van der Waals surface area contributed by atoms with Gasteiger partial charge in [-0.05, 0) is 25.5 Å². The molecule has 0 spiro atoms. The van der Waals surface area contributed by atoms with Gasteiger partial charge in [0.05, 0.1) is 23.2 Å². The first-order chi connectivity index (χ1) is 12.0. The number of aryl methyl sites for hydroxylation is 1. The lowest BCUT2D eigenvalue weighted by Gasteiger charge is -2.12. The molecule has 0 aliphatic carbocycles. The second kappa shape index (κ2) is 7.37. The minimum absolute atomic E-state index is 0.207. The molecule has 0 atom stereocenters. The van der Waals surface area contributed by atoms with Crippen LogP contribution in [0.3, 0.4) is 0 Å². The number of primary amides is 1. The van der Waals surface area contributed by atoms with Crippen molar-refractivity contribution in [2.24, 2.45) is 5.73 Å². The van der Waals surface area contributed by atoms with Crippen molar-refractivity contribution in [3.05, 3.63) is 46.0 Å². The molecule has 2 N–H and O–H groups in total. The lowest BCUT2D eigenvalue weighted by Crippen LogP contribution is -2.30. The van der Waals surface area contributed by atoms with Crippen LogP contribution in [0.15, 0.2) is 28.6 Å². The summed E-state index contributed by atoms with van der Waals surface area (Å²) in [5, 5.41) is 0. The van der Waals surface area contributed by atoms with Crippen LogP contribution in [0.5, 0.6) is 0 Å². The summed E-state index contributed by atoms with van der Waals surface area (Å²) < 4.78 is 0.871. The molecule has 0 bridgehead atoms. The third kappa shape index (κ3) is 3.74. The molecule has 3 amide bonds. The average molecular weight is 375 g/mol. The van der Waals surface area contributed by atoms with Crippen LogP contribution in [0.1, 0.15) is 37.7 Å². The van der Waals surface area contributed by atoms with Crippen molar-refractivity contribution in [3.8, 4) is 0 Å². The maximum Gasteiger partial charge on any atom is 0.261 e. The molecule has 1 aromatic carbocycles. The molecule has 0 unspecified atom stereocenters. The Morgan fingerprint density at radius 3 is 2.48 bits per heavy atom. The van der Waals surface area contributed by atoms with Crippen LogP contribution >= 0.6 is 23.1 Å². The SMILES string of the molecule is Cc1nc(SCCCN2C(=O)c3ccccc3C2=O)sc1CC(N)=O. The zero-order chi connectivity index (χ0) is 18.0. The normalized spacial score (nSPS) is 13.4. The third-order valence-corrected chi connectivity index (χ3v) is 6.22. The van der Waals surface area contributed by atoms with Crippen LogP contribution < -0.4 is 5.73 Å². The maximum atomic E-state index is 12.3. The number of thiazole rings is 1. The summed E-state index contributed by atoms with van der Waals surface area (Å²) in [6.45, 7) is 2.25. The Morgan fingerprint density at radius 2 is 1.88 bits per heavy atom. The van der Waals surface area contributed by atoms with E-state index in [9.17, 15) is 14.4 Å². The summed E-state index contributed by atoms with van der Waals surface area (Å²) in [6, 6.07) is 6.89.